The number of imidazole rings is 1. The van der Waals surface area contributed by atoms with Crippen LogP contribution in [-0.2, 0) is 4.79 Å². The van der Waals surface area contributed by atoms with Gasteiger partial charge >= 0.3 is 0 Å². The highest BCUT2D eigenvalue weighted by atomic mass is 32.1. The highest BCUT2D eigenvalue weighted by molar-refractivity contribution is 7.12. The lowest BCUT2D eigenvalue weighted by Crippen LogP contribution is -2.36. The van der Waals surface area contributed by atoms with E-state index in [2.05, 4.69) is 39.0 Å². The first kappa shape index (κ1) is 22.0. The van der Waals surface area contributed by atoms with Gasteiger partial charge in [0.25, 0.3) is 0 Å². The van der Waals surface area contributed by atoms with Crippen molar-refractivity contribution in [1.82, 2.24) is 19.5 Å². The van der Waals surface area contributed by atoms with Gasteiger partial charge < -0.3 is 20.1 Å². The summed E-state index contributed by atoms with van der Waals surface area (Å²) in [5, 5.41) is 24.8. The fourth-order valence-electron chi connectivity index (χ4n) is 5.09. The number of aliphatic hydroxyl groups excluding tert-OH is 2. The van der Waals surface area contributed by atoms with Crippen molar-refractivity contribution in [3.8, 4) is 11.8 Å². The number of rotatable bonds is 6. The number of Topliss-reactive ketones (excluding diaryl/α,β-unsaturated/α-hetero) is 1. The van der Waals surface area contributed by atoms with E-state index < -0.39 is 23.7 Å². The topological polar surface area (TPSA) is 113 Å². The molecular weight excluding hydrogens is 438 g/mol. The van der Waals surface area contributed by atoms with Crippen LogP contribution in [0.1, 0.15) is 54.7 Å². The van der Waals surface area contributed by atoms with Gasteiger partial charge in [0.05, 0.1) is 28.8 Å². The Morgan fingerprint density at radius 1 is 1.33 bits per heavy atom. The number of aliphatic hydroxyl groups is 2. The Bertz CT molecular complexity index is 1290. The Labute approximate surface area is 196 Å². The van der Waals surface area contributed by atoms with Crippen molar-refractivity contribution in [2.45, 2.75) is 58.3 Å². The van der Waals surface area contributed by atoms with E-state index in [0.717, 1.165) is 24.3 Å². The predicted octanol–water partition coefficient (Wildman–Crippen LogP) is 2.68. The van der Waals surface area contributed by atoms with Gasteiger partial charge in [-0.05, 0) is 56.6 Å². The number of nitrogens with one attached hydrogen (secondary N) is 1. The number of hydrogen-bond donors (Lipinski definition) is 3. The van der Waals surface area contributed by atoms with Gasteiger partial charge in [-0.1, -0.05) is 13.3 Å². The van der Waals surface area contributed by atoms with E-state index in [-0.39, 0.29) is 11.7 Å². The number of nitrogens with zero attached hydrogens (tertiary/aromatic N) is 4. The molecule has 0 aromatic carbocycles. The highest BCUT2D eigenvalue weighted by Gasteiger charge is 2.74. The van der Waals surface area contributed by atoms with Crippen LogP contribution in [0.25, 0.3) is 11.2 Å². The van der Waals surface area contributed by atoms with E-state index in [9.17, 15) is 15.0 Å². The second-order valence-corrected chi connectivity index (χ2v) is 10.3. The van der Waals surface area contributed by atoms with Crippen LogP contribution in [0.3, 0.4) is 0 Å². The summed E-state index contributed by atoms with van der Waals surface area (Å²) in [6.07, 6.45) is 2.05. The molecule has 5 atom stereocenters. The van der Waals surface area contributed by atoms with Crippen molar-refractivity contribution >= 4 is 34.1 Å². The van der Waals surface area contributed by atoms with Crippen molar-refractivity contribution in [1.29, 1.82) is 0 Å². The van der Waals surface area contributed by atoms with E-state index in [1.54, 1.807) is 22.2 Å². The van der Waals surface area contributed by atoms with E-state index in [4.69, 9.17) is 0 Å². The SMILES string of the molecule is CCCCNc1nc(C#Cc2ccc(C)s2)nc2c1ncn2[C@@H]1C2C[C@]2(C(C)=O)C(O)[C@H]1O. The Kier molecular flexibility index (Phi) is 5.47. The minimum absolute atomic E-state index is 0.0830. The van der Waals surface area contributed by atoms with Crippen molar-refractivity contribution in [3.63, 3.8) is 0 Å². The number of aryl methyl sites for hydroxylation is 1. The van der Waals surface area contributed by atoms with Gasteiger partial charge in [0.2, 0.25) is 5.82 Å². The van der Waals surface area contributed by atoms with Crippen molar-refractivity contribution in [3.05, 3.63) is 34.0 Å². The first-order chi connectivity index (χ1) is 15.9. The standard InChI is InChI=1S/C24H27N5O3S/c1-4-5-10-25-22-18-23(28-17(27-22)9-8-15-7-6-13(2)33-15)29(12-26-18)19-16-11-24(16,14(3)30)21(32)20(19)31/h6-7,12,16,19-21,31-32H,4-5,10-11H2,1-3H3,(H,25,27,28)/t16?,19-,20+,21?,24-/m1/s1. The smallest absolute Gasteiger partial charge is 0.209 e. The maximum Gasteiger partial charge on any atom is 0.209 e. The predicted molar refractivity (Wildman–Crippen MR) is 126 cm³/mol. The maximum atomic E-state index is 12.3. The molecule has 0 amide bonds. The maximum absolute atomic E-state index is 12.3. The number of fused-ring (bicyclic) bond motifs is 2. The first-order valence-corrected chi connectivity index (χ1v) is 12.1. The largest absolute Gasteiger partial charge is 0.389 e. The summed E-state index contributed by atoms with van der Waals surface area (Å²) in [7, 11) is 0. The van der Waals surface area contributed by atoms with Crippen LogP contribution in [0.2, 0.25) is 0 Å². The lowest BCUT2D eigenvalue weighted by atomic mass is 9.95. The number of thiophene rings is 1. The van der Waals surface area contributed by atoms with E-state index in [1.807, 2.05) is 19.1 Å². The Morgan fingerprint density at radius 3 is 2.82 bits per heavy atom. The molecule has 9 heteroatoms. The molecule has 2 unspecified atom stereocenters. The Hall–Kier alpha value is -2.80. The second kappa shape index (κ2) is 8.20. The summed E-state index contributed by atoms with van der Waals surface area (Å²) in [6.45, 7) is 6.39. The summed E-state index contributed by atoms with van der Waals surface area (Å²) in [6, 6.07) is 3.52. The molecule has 5 rings (SSSR count). The number of ketones is 1. The molecule has 3 aromatic heterocycles. The van der Waals surface area contributed by atoms with Gasteiger partial charge in [0.1, 0.15) is 11.9 Å². The molecule has 8 nitrogen and oxygen atoms in total. The molecule has 172 valence electrons. The summed E-state index contributed by atoms with van der Waals surface area (Å²) in [4.78, 5) is 28.2. The zero-order chi connectivity index (χ0) is 23.3. The number of anilines is 1. The minimum Gasteiger partial charge on any atom is -0.389 e. The average Bonchev–Trinajstić information content (AvgIpc) is 3.04. The normalized spacial score (nSPS) is 27.8. The molecular formula is C24H27N5O3S. The van der Waals surface area contributed by atoms with Crippen molar-refractivity contribution in [2.75, 3.05) is 11.9 Å². The third kappa shape index (κ3) is 3.53. The fourth-order valence-corrected chi connectivity index (χ4v) is 5.81. The zero-order valence-corrected chi connectivity index (χ0v) is 19.7. The van der Waals surface area contributed by atoms with E-state index in [0.29, 0.717) is 29.2 Å². The van der Waals surface area contributed by atoms with Crippen molar-refractivity contribution in [2.24, 2.45) is 11.3 Å². The lowest BCUT2D eigenvalue weighted by Gasteiger charge is -2.23. The Balaban J connectivity index is 1.57. The molecule has 0 radical (unpaired) electrons. The molecule has 3 heterocycles. The van der Waals surface area contributed by atoms with Crippen LogP contribution in [0.4, 0.5) is 5.82 Å². The minimum atomic E-state index is -1.09. The van der Waals surface area contributed by atoms with Gasteiger partial charge in [-0.3, -0.25) is 4.79 Å². The third-order valence-electron chi connectivity index (χ3n) is 6.93. The summed E-state index contributed by atoms with van der Waals surface area (Å²) >= 11 is 1.61. The number of carbonyl (C=O) groups is 1. The second-order valence-electron chi connectivity index (χ2n) is 8.99. The van der Waals surface area contributed by atoms with Crippen LogP contribution in [0.15, 0.2) is 18.5 Å². The number of hydrogen-bond acceptors (Lipinski definition) is 8. The van der Waals surface area contributed by atoms with Gasteiger partial charge in [-0.15, -0.1) is 11.3 Å². The van der Waals surface area contributed by atoms with E-state index >= 15 is 0 Å². The monoisotopic (exact) mass is 465 g/mol. The molecule has 0 bridgehead atoms. The third-order valence-corrected chi connectivity index (χ3v) is 7.85. The lowest BCUT2D eigenvalue weighted by molar-refractivity contribution is -0.128. The van der Waals surface area contributed by atoms with Gasteiger partial charge in [0.15, 0.2) is 17.0 Å². The zero-order valence-electron chi connectivity index (χ0n) is 18.9. The van der Waals surface area contributed by atoms with Crippen molar-refractivity contribution < 1.29 is 15.0 Å². The van der Waals surface area contributed by atoms with Crippen LogP contribution in [0.5, 0.6) is 0 Å². The first-order valence-electron chi connectivity index (χ1n) is 11.3. The molecule has 0 aliphatic heterocycles. The summed E-state index contributed by atoms with van der Waals surface area (Å²) in [5.41, 5.74) is 0.264. The molecule has 3 aromatic rings. The number of aromatic nitrogens is 4. The molecule has 0 saturated heterocycles. The van der Waals surface area contributed by atoms with Gasteiger partial charge in [0, 0.05) is 11.4 Å². The van der Waals surface area contributed by atoms with E-state index in [1.165, 1.54) is 11.8 Å². The fraction of sp³-hybridized carbons (Fsp3) is 0.500. The van der Waals surface area contributed by atoms with Gasteiger partial charge in [-0.25, -0.2) is 15.0 Å². The quantitative estimate of drug-likeness (QED) is 0.379. The molecule has 33 heavy (non-hydrogen) atoms. The average molecular weight is 466 g/mol. The van der Waals surface area contributed by atoms with Crippen LogP contribution < -0.4 is 5.32 Å². The summed E-state index contributed by atoms with van der Waals surface area (Å²) in [5.74, 6) is 6.92. The molecule has 2 saturated carbocycles. The van der Waals surface area contributed by atoms with Gasteiger partial charge in [-0.2, -0.15) is 0 Å². The summed E-state index contributed by atoms with van der Waals surface area (Å²) < 4.78 is 1.79. The van der Waals surface area contributed by atoms with Crippen LogP contribution >= 0.6 is 11.3 Å². The van der Waals surface area contributed by atoms with Crippen LogP contribution in [0, 0.1) is 30.1 Å². The molecule has 2 aliphatic carbocycles. The highest BCUT2D eigenvalue weighted by Crippen LogP contribution is 2.68. The Morgan fingerprint density at radius 2 is 2.15 bits per heavy atom. The number of unbranched alkanes of at least 4 members (excludes halogenated alkanes) is 1. The number of carbonyl (C=O) groups excluding carboxylic acids is 1. The molecule has 0 spiro atoms. The molecule has 3 N–H and O–H groups in total. The molecule has 2 fully saturated rings. The molecule has 2 aliphatic rings. The van der Waals surface area contributed by atoms with Crippen LogP contribution in [-0.4, -0.2) is 54.3 Å².